The molecule has 3 nitrogen and oxygen atoms in total. The molecule has 1 amide bonds. The summed E-state index contributed by atoms with van der Waals surface area (Å²) < 4.78 is 0. The fourth-order valence-corrected chi connectivity index (χ4v) is 3.77. The van der Waals surface area contributed by atoms with Crippen molar-refractivity contribution in [2.45, 2.75) is 32.6 Å². The maximum atomic E-state index is 13.0. The Kier molecular flexibility index (Phi) is 5.07. The van der Waals surface area contributed by atoms with Crippen molar-refractivity contribution in [2.24, 2.45) is 0 Å². The van der Waals surface area contributed by atoms with Crippen LogP contribution in [-0.4, -0.2) is 11.7 Å². The topological polar surface area (TPSA) is 46.2 Å². The van der Waals surface area contributed by atoms with Crippen LogP contribution in [0.25, 0.3) is 0 Å². The molecule has 3 heteroatoms. The average Bonchev–Trinajstić information content (AvgIpc) is 2.74. The van der Waals surface area contributed by atoms with Crippen molar-refractivity contribution in [3.63, 3.8) is 0 Å². The molecule has 1 aliphatic rings. The van der Waals surface area contributed by atoms with Gasteiger partial charge in [-0.05, 0) is 68.0 Å². The van der Waals surface area contributed by atoms with Crippen LogP contribution >= 0.6 is 0 Å². The molecule has 0 aliphatic heterocycles. The van der Waals surface area contributed by atoms with Crippen molar-refractivity contribution in [3.8, 4) is 0 Å². The maximum absolute atomic E-state index is 13.0. The zero-order valence-electron chi connectivity index (χ0n) is 16.0. The number of amides is 1. The highest BCUT2D eigenvalue weighted by Crippen LogP contribution is 2.25. The first-order chi connectivity index (χ1) is 13.6. The first kappa shape index (κ1) is 18.2. The summed E-state index contributed by atoms with van der Waals surface area (Å²) in [5.74, 6) is -0.274. The molecule has 0 atom stereocenters. The molecule has 0 bridgehead atoms. The zero-order chi connectivity index (χ0) is 19.5. The molecule has 4 rings (SSSR count). The Morgan fingerprint density at radius 1 is 0.786 bits per heavy atom. The van der Waals surface area contributed by atoms with E-state index in [9.17, 15) is 9.59 Å². The summed E-state index contributed by atoms with van der Waals surface area (Å²) in [4.78, 5) is 25.9. The Hall–Kier alpha value is -3.20. The van der Waals surface area contributed by atoms with Crippen molar-refractivity contribution in [1.82, 2.24) is 0 Å². The van der Waals surface area contributed by atoms with Gasteiger partial charge in [-0.25, -0.2) is 0 Å². The van der Waals surface area contributed by atoms with Crippen molar-refractivity contribution in [3.05, 3.63) is 100 Å². The van der Waals surface area contributed by atoms with Gasteiger partial charge >= 0.3 is 0 Å². The van der Waals surface area contributed by atoms with Crippen LogP contribution in [0.2, 0.25) is 0 Å². The first-order valence-electron chi connectivity index (χ1n) is 9.75. The number of rotatable bonds is 4. The molecule has 3 aromatic rings. The van der Waals surface area contributed by atoms with Gasteiger partial charge in [0.1, 0.15) is 0 Å². The van der Waals surface area contributed by atoms with Crippen molar-refractivity contribution in [1.29, 1.82) is 0 Å². The van der Waals surface area contributed by atoms with Gasteiger partial charge in [-0.3, -0.25) is 9.59 Å². The van der Waals surface area contributed by atoms with E-state index in [1.54, 1.807) is 12.1 Å². The molecule has 0 heterocycles. The quantitative estimate of drug-likeness (QED) is 0.630. The average molecular weight is 369 g/mol. The molecule has 0 saturated carbocycles. The van der Waals surface area contributed by atoms with Gasteiger partial charge in [-0.1, -0.05) is 48.0 Å². The molecule has 0 aromatic heterocycles. The molecular weight excluding hydrogens is 346 g/mol. The molecule has 3 aromatic carbocycles. The van der Waals surface area contributed by atoms with E-state index in [0.717, 1.165) is 18.4 Å². The lowest BCUT2D eigenvalue weighted by Crippen LogP contribution is -2.16. The predicted octanol–water partition coefficient (Wildman–Crippen LogP) is 5.36. The van der Waals surface area contributed by atoms with Gasteiger partial charge in [0.15, 0.2) is 5.78 Å². The summed E-state index contributed by atoms with van der Waals surface area (Å²) in [6.07, 6.45) is 4.50. The Bertz CT molecular complexity index is 1040. The summed E-state index contributed by atoms with van der Waals surface area (Å²) in [7, 11) is 0. The SMILES string of the molecule is Cc1ccc(NC(=O)c2ccc3c(c2)CCCC3)c(C(=O)c2ccccc2)c1. The van der Waals surface area contributed by atoms with Crippen molar-refractivity contribution >= 4 is 17.4 Å². The number of nitrogens with one attached hydrogen (secondary N) is 1. The maximum Gasteiger partial charge on any atom is 0.255 e. The second kappa shape index (κ2) is 7.81. The van der Waals surface area contributed by atoms with E-state index in [4.69, 9.17) is 0 Å². The van der Waals surface area contributed by atoms with Crippen LogP contribution in [0.3, 0.4) is 0 Å². The van der Waals surface area contributed by atoms with Gasteiger partial charge < -0.3 is 5.32 Å². The van der Waals surface area contributed by atoms with Crippen LogP contribution < -0.4 is 5.32 Å². The van der Waals surface area contributed by atoms with Gasteiger partial charge in [-0.15, -0.1) is 0 Å². The third kappa shape index (κ3) is 3.74. The van der Waals surface area contributed by atoms with Crippen molar-refractivity contribution in [2.75, 3.05) is 5.32 Å². The summed E-state index contributed by atoms with van der Waals surface area (Å²) in [5, 5.41) is 2.95. The third-order valence-corrected chi connectivity index (χ3v) is 5.31. The van der Waals surface area contributed by atoms with Crippen LogP contribution in [0.5, 0.6) is 0 Å². The number of aryl methyl sites for hydroxylation is 3. The first-order valence-corrected chi connectivity index (χ1v) is 9.75. The van der Waals surface area contributed by atoms with Gasteiger partial charge in [0.2, 0.25) is 0 Å². The summed E-state index contributed by atoms with van der Waals surface area (Å²) in [6.45, 7) is 1.94. The van der Waals surface area contributed by atoms with E-state index in [-0.39, 0.29) is 11.7 Å². The Labute approximate surface area is 165 Å². The zero-order valence-corrected chi connectivity index (χ0v) is 16.0. The van der Waals surface area contributed by atoms with Gasteiger partial charge in [0.25, 0.3) is 5.91 Å². The molecule has 0 radical (unpaired) electrons. The largest absolute Gasteiger partial charge is 0.321 e. The normalized spacial score (nSPS) is 12.9. The molecular formula is C25H23NO2. The Balaban J connectivity index is 1.63. The molecule has 1 aliphatic carbocycles. The van der Waals surface area contributed by atoms with Crippen LogP contribution in [0.1, 0.15) is 55.8 Å². The highest BCUT2D eigenvalue weighted by molar-refractivity contribution is 6.15. The molecule has 0 fully saturated rings. The molecule has 0 unspecified atom stereocenters. The number of carbonyl (C=O) groups is 2. The summed E-state index contributed by atoms with van der Waals surface area (Å²) in [6, 6.07) is 20.6. The van der Waals surface area contributed by atoms with Gasteiger partial charge in [-0.2, -0.15) is 0 Å². The highest BCUT2D eigenvalue weighted by Gasteiger charge is 2.17. The number of carbonyl (C=O) groups excluding carboxylic acids is 2. The van der Waals surface area contributed by atoms with Crippen LogP contribution in [0.15, 0.2) is 66.7 Å². The second-order valence-electron chi connectivity index (χ2n) is 7.39. The van der Waals surface area contributed by atoms with E-state index in [1.165, 1.54) is 24.0 Å². The summed E-state index contributed by atoms with van der Waals surface area (Å²) in [5.41, 5.74) is 5.89. The van der Waals surface area contributed by atoms with Crippen LogP contribution in [0, 0.1) is 6.92 Å². The van der Waals surface area contributed by atoms with E-state index >= 15 is 0 Å². The monoisotopic (exact) mass is 369 g/mol. The summed E-state index contributed by atoms with van der Waals surface area (Å²) >= 11 is 0. The minimum Gasteiger partial charge on any atom is -0.321 e. The van der Waals surface area contributed by atoms with Crippen LogP contribution in [-0.2, 0) is 12.8 Å². The van der Waals surface area contributed by atoms with Crippen molar-refractivity contribution < 1.29 is 9.59 Å². The second-order valence-corrected chi connectivity index (χ2v) is 7.39. The minimum atomic E-state index is -0.181. The number of hydrogen-bond donors (Lipinski definition) is 1. The molecule has 1 N–H and O–H groups in total. The van der Waals surface area contributed by atoms with E-state index in [2.05, 4.69) is 11.4 Å². The number of hydrogen-bond acceptors (Lipinski definition) is 2. The minimum absolute atomic E-state index is 0.0926. The Morgan fingerprint density at radius 3 is 2.32 bits per heavy atom. The lowest BCUT2D eigenvalue weighted by Gasteiger charge is -2.17. The van der Waals surface area contributed by atoms with E-state index in [1.807, 2.05) is 55.5 Å². The number of anilines is 1. The standard InChI is InChI=1S/C25H23NO2/c1-17-11-14-23(22(15-17)24(27)19-8-3-2-4-9-19)26-25(28)21-13-12-18-7-5-6-10-20(18)16-21/h2-4,8-9,11-16H,5-7,10H2,1H3,(H,26,28). The van der Waals surface area contributed by atoms with Gasteiger partial charge in [0, 0.05) is 16.7 Å². The number of benzene rings is 3. The van der Waals surface area contributed by atoms with Crippen LogP contribution in [0.4, 0.5) is 5.69 Å². The highest BCUT2D eigenvalue weighted by atomic mass is 16.1. The third-order valence-electron chi connectivity index (χ3n) is 5.31. The fourth-order valence-electron chi connectivity index (χ4n) is 3.77. The van der Waals surface area contributed by atoms with E-state index in [0.29, 0.717) is 22.4 Å². The van der Waals surface area contributed by atoms with Gasteiger partial charge in [0.05, 0.1) is 5.69 Å². The fraction of sp³-hybridized carbons (Fsp3) is 0.200. The number of fused-ring (bicyclic) bond motifs is 1. The smallest absolute Gasteiger partial charge is 0.255 e. The molecule has 0 saturated heterocycles. The lowest BCUT2D eigenvalue weighted by molar-refractivity contribution is 0.102. The molecule has 140 valence electrons. The Morgan fingerprint density at radius 2 is 1.54 bits per heavy atom. The molecule has 28 heavy (non-hydrogen) atoms. The number of ketones is 1. The lowest BCUT2D eigenvalue weighted by atomic mass is 9.90. The predicted molar refractivity (Wildman–Crippen MR) is 112 cm³/mol. The van der Waals surface area contributed by atoms with E-state index < -0.39 is 0 Å². The molecule has 0 spiro atoms.